The minimum absolute atomic E-state index is 0. The van der Waals surface area contributed by atoms with E-state index in [1.165, 1.54) is 16.7 Å². The Bertz CT molecular complexity index is 947. The van der Waals surface area contributed by atoms with Crippen LogP contribution in [0.25, 0.3) is 0 Å². The summed E-state index contributed by atoms with van der Waals surface area (Å²) in [6.07, 6.45) is 6.28. The first-order chi connectivity index (χ1) is 14.9. The van der Waals surface area contributed by atoms with Crippen LogP contribution in [-0.4, -0.2) is 32.5 Å². The van der Waals surface area contributed by atoms with Crippen LogP contribution in [0, 0.1) is 5.82 Å². The summed E-state index contributed by atoms with van der Waals surface area (Å²) in [6.45, 7) is 4.99. The lowest BCUT2D eigenvalue weighted by Gasteiger charge is -2.35. The maximum Gasteiger partial charge on any atom is 0.150 e. The van der Waals surface area contributed by atoms with Gasteiger partial charge >= 0.3 is 0 Å². The molecule has 1 aliphatic rings. The van der Waals surface area contributed by atoms with Gasteiger partial charge in [-0.2, -0.15) is 0 Å². The minimum atomic E-state index is -2.90. The zero-order chi connectivity index (χ0) is 22.3. The molecule has 178 valence electrons. The molecule has 0 saturated carbocycles. The van der Waals surface area contributed by atoms with Crippen LogP contribution in [-0.2, 0) is 29.1 Å². The van der Waals surface area contributed by atoms with Gasteiger partial charge in [0, 0.05) is 17.7 Å². The van der Waals surface area contributed by atoms with Gasteiger partial charge < -0.3 is 5.32 Å². The number of hydrogen-bond donors (Lipinski definition) is 1. The molecule has 2 aromatic carbocycles. The molecule has 3 nitrogen and oxygen atoms in total. The van der Waals surface area contributed by atoms with Gasteiger partial charge in [0.2, 0.25) is 0 Å². The van der Waals surface area contributed by atoms with Crippen LogP contribution >= 0.6 is 12.4 Å². The quantitative estimate of drug-likeness (QED) is 0.422. The molecule has 3 rings (SSSR count). The topological polar surface area (TPSA) is 46.2 Å². The predicted octanol–water partition coefficient (Wildman–Crippen LogP) is 5.65. The van der Waals surface area contributed by atoms with E-state index in [0.29, 0.717) is 29.9 Å². The molecule has 0 spiro atoms. The van der Waals surface area contributed by atoms with Gasteiger partial charge in [0.25, 0.3) is 0 Å². The van der Waals surface area contributed by atoms with E-state index in [4.69, 9.17) is 0 Å². The van der Waals surface area contributed by atoms with E-state index in [9.17, 15) is 12.8 Å². The fourth-order valence-electron chi connectivity index (χ4n) is 4.80. The fraction of sp³-hybridized carbons (Fsp3) is 0.538. The Kier molecular flexibility index (Phi) is 10.7. The summed E-state index contributed by atoms with van der Waals surface area (Å²) < 4.78 is 37.2. The summed E-state index contributed by atoms with van der Waals surface area (Å²) in [7, 11) is -2.90. The van der Waals surface area contributed by atoms with Crippen molar-refractivity contribution in [1.82, 2.24) is 5.32 Å². The molecule has 0 amide bonds. The van der Waals surface area contributed by atoms with E-state index in [-0.39, 0.29) is 18.2 Å². The van der Waals surface area contributed by atoms with Gasteiger partial charge in [-0.05, 0) is 85.9 Å². The van der Waals surface area contributed by atoms with E-state index in [2.05, 4.69) is 30.4 Å². The molecule has 6 heteroatoms. The summed E-state index contributed by atoms with van der Waals surface area (Å²) in [6, 6.07) is 14.1. The third-order valence-electron chi connectivity index (χ3n) is 6.34. The fourth-order valence-corrected chi connectivity index (χ4v) is 6.27. The van der Waals surface area contributed by atoms with Gasteiger partial charge in [-0.25, -0.2) is 12.8 Å². The molecule has 2 atom stereocenters. The van der Waals surface area contributed by atoms with E-state index < -0.39 is 9.84 Å². The second kappa shape index (κ2) is 12.7. The molecule has 0 aromatic heterocycles. The number of aryl methyl sites for hydroxylation is 2. The summed E-state index contributed by atoms with van der Waals surface area (Å²) in [5.41, 5.74) is 5.26. The Balaban J connectivity index is 0.00000363. The summed E-state index contributed by atoms with van der Waals surface area (Å²) in [5.74, 6) is 0.753. The second-order valence-electron chi connectivity index (χ2n) is 8.78. The highest BCUT2D eigenvalue weighted by Gasteiger charge is 2.29. The van der Waals surface area contributed by atoms with Crippen molar-refractivity contribution < 1.29 is 12.8 Å². The number of fused-ring (bicyclic) bond motifs is 1. The Morgan fingerprint density at radius 1 is 1.00 bits per heavy atom. The van der Waals surface area contributed by atoms with Gasteiger partial charge in [0.15, 0.2) is 0 Å². The Hall–Kier alpha value is -1.43. The van der Waals surface area contributed by atoms with E-state index >= 15 is 0 Å². The Morgan fingerprint density at radius 2 is 1.72 bits per heavy atom. The van der Waals surface area contributed by atoms with Crippen LogP contribution in [0.5, 0.6) is 0 Å². The molecule has 1 aliphatic carbocycles. The van der Waals surface area contributed by atoms with Crippen LogP contribution < -0.4 is 5.32 Å². The lowest BCUT2D eigenvalue weighted by atomic mass is 9.75. The molecule has 0 saturated heterocycles. The highest BCUT2D eigenvalue weighted by Crippen LogP contribution is 2.35. The SMILES string of the molecule is CCCS(=O)(=O)CCCCc1ccc2c(c1)C(Cc1ccc(F)cc1)C(NCC)CC2.Cl. The van der Waals surface area contributed by atoms with Crippen molar-refractivity contribution in [3.8, 4) is 0 Å². The van der Waals surface area contributed by atoms with Crippen LogP contribution in [0.2, 0.25) is 0 Å². The van der Waals surface area contributed by atoms with E-state index in [1.54, 1.807) is 12.1 Å². The van der Waals surface area contributed by atoms with Crippen molar-refractivity contribution in [2.24, 2.45) is 0 Å². The average molecular weight is 482 g/mol. The smallest absolute Gasteiger partial charge is 0.150 e. The van der Waals surface area contributed by atoms with E-state index in [0.717, 1.165) is 50.6 Å². The molecular weight excluding hydrogens is 445 g/mol. The van der Waals surface area contributed by atoms with Crippen LogP contribution in [0.3, 0.4) is 0 Å². The first-order valence-corrected chi connectivity index (χ1v) is 13.5. The van der Waals surface area contributed by atoms with E-state index in [1.807, 2.05) is 19.1 Å². The normalized spacial score (nSPS) is 18.1. The monoisotopic (exact) mass is 481 g/mol. The highest BCUT2D eigenvalue weighted by atomic mass is 35.5. The largest absolute Gasteiger partial charge is 0.314 e. The predicted molar refractivity (Wildman–Crippen MR) is 134 cm³/mol. The molecule has 0 aliphatic heterocycles. The number of hydrogen-bond acceptors (Lipinski definition) is 3. The number of nitrogens with one attached hydrogen (secondary N) is 1. The standard InChI is InChI=1S/C26H36FNO2S.ClH/c1-3-16-31(29,30)17-6-5-7-20-8-11-22-12-15-26(28-4-2)25(24(22)18-20)19-21-9-13-23(27)14-10-21;/h8-11,13-14,18,25-26,28H,3-7,12,15-17,19H2,1-2H3;1H. The molecular formula is C26H37ClFNO2S. The molecule has 0 bridgehead atoms. The first kappa shape index (κ1) is 26.8. The summed E-state index contributed by atoms with van der Waals surface area (Å²) in [4.78, 5) is 0. The molecule has 2 aromatic rings. The number of unbranched alkanes of at least 4 members (excludes halogenated alkanes) is 1. The maximum atomic E-state index is 13.4. The van der Waals surface area contributed by atoms with Crippen molar-refractivity contribution >= 4 is 22.2 Å². The minimum Gasteiger partial charge on any atom is -0.314 e. The van der Waals surface area contributed by atoms with Gasteiger partial charge in [0.1, 0.15) is 15.7 Å². The lowest BCUT2D eigenvalue weighted by Crippen LogP contribution is -2.39. The maximum absolute atomic E-state index is 13.4. The number of sulfone groups is 1. The molecule has 32 heavy (non-hydrogen) atoms. The average Bonchev–Trinajstić information content (AvgIpc) is 2.74. The van der Waals surface area contributed by atoms with Gasteiger partial charge in [-0.3, -0.25) is 0 Å². The zero-order valence-corrected chi connectivity index (χ0v) is 20.9. The molecule has 2 unspecified atom stereocenters. The van der Waals surface area contributed by atoms with Gasteiger partial charge in [-0.1, -0.05) is 44.2 Å². The summed E-state index contributed by atoms with van der Waals surface area (Å²) in [5, 5.41) is 3.67. The molecule has 0 heterocycles. The van der Waals surface area contributed by atoms with Crippen molar-refractivity contribution in [3.63, 3.8) is 0 Å². The van der Waals surface area contributed by atoms with Crippen molar-refractivity contribution in [1.29, 1.82) is 0 Å². The third-order valence-corrected chi connectivity index (χ3v) is 8.28. The third kappa shape index (κ3) is 7.57. The van der Waals surface area contributed by atoms with Crippen molar-refractivity contribution in [2.45, 2.75) is 70.8 Å². The Labute approximate surface area is 199 Å². The van der Waals surface area contributed by atoms with Crippen LogP contribution in [0.4, 0.5) is 4.39 Å². The van der Waals surface area contributed by atoms with Gasteiger partial charge in [-0.15, -0.1) is 12.4 Å². The number of benzene rings is 2. The van der Waals surface area contributed by atoms with Crippen molar-refractivity contribution in [3.05, 3.63) is 70.5 Å². The Morgan fingerprint density at radius 3 is 2.41 bits per heavy atom. The highest BCUT2D eigenvalue weighted by molar-refractivity contribution is 7.91. The lowest BCUT2D eigenvalue weighted by molar-refractivity contribution is 0.391. The van der Waals surface area contributed by atoms with Crippen molar-refractivity contribution in [2.75, 3.05) is 18.1 Å². The number of likely N-dealkylation sites (N-methyl/N-ethyl adjacent to an activating group) is 1. The summed E-state index contributed by atoms with van der Waals surface area (Å²) >= 11 is 0. The second-order valence-corrected chi connectivity index (χ2v) is 11.1. The number of halogens is 2. The molecule has 0 fully saturated rings. The first-order valence-electron chi connectivity index (χ1n) is 11.7. The number of rotatable bonds is 11. The van der Waals surface area contributed by atoms with Crippen LogP contribution in [0.1, 0.15) is 67.7 Å². The molecule has 0 radical (unpaired) electrons. The van der Waals surface area contributed by atoms with Crippen LogP contribution in [0.15, 0.2) is 42.5 Å². The van der Waals surface area contributed by atoms with Gasteiger partial charge in [0.05, 0.1) is 5.75 Å². The zero-order valence-electron chi connectivity index (χ0n) is 19.3. The molecule has 1 N–H and O–H groups in total.